The Morgan fingerprint density at radius 3 is 2.68 bits per heavy atom. The number of nitro groups is 1. The van der Waals surface area contributed by atoms with Gasteiger partial charge < -0.3 is 5.32 Å². The van der Waals surface area contributed by atoms with E-state index in [0.717, 1.165) is 29.4 Å². The Bertz CT molecular complexity index is 996. The van der Waals surface area contributed by atoms with E-state index < -0.39 is 4.92 Å². The zero-order valence-corrected chi connectivity index (χ0v) is 13.3. The van der Waals surface area contributed by atoms with E-state index >= 15 is 0 Å². The number of rotatable bonds is 4. The highest BCUT2D eigenvalue weighted by atomic mass is 16.6. The number of nitro benzene ring substituents is 1. The molecular formula is C19H15N3O3. The molecule has 0 atom stereocenters. The fourth-order valence-electron chi connectivity index (χ4n) is 2.87. The summed E-state index contributed by atoms with van der Waals surface area (Å²) in [6.07, 6.45) is 2.19. The number of carbonyl (C=O) groups is 1. The van der Waals surface area contributed by atoms with Gasteiger partial charge in [0.15, 0.2) is 0 Å². The maximum atomic E-state index is 12.8. The Morgan fingerprint density at radius 2 is 1.92 bits per heavy atom. The summed E-state index contributed by atoms with van der Waals surface area (Å²) in [7, 11) is 0. The molecule has 1 aliphatic carbocycles. The molecule has 25 heavy (non-hydrogen) atoms. The van der Waals surface area contributed by atoms with Gasteiger partial charge in [-0.05, 0) is 31.0 Å². The van der Waals surface area contributed by atoms with Crippen LogP contribution < -0.4 is 5.32 Å². The highest BCUT2D eigenvalue weighted by Gasteiger charge is 2.27. The standard InChI is InChI=1S/C19H15N3O3/c23-19(20-13-4-3-5-14(10-13)22(24)25)16-11-18(12-8-9-12)21-17-7-2-1-6-15(16)17/h1-7,10-12H,8-9H2,(H,20,23). The monoisotopic (exact) mass is 333 g/mol. The lowest BCUT2D eigenvalue weighted by Gasteiger charge is -2.10. The fourth-order valence-corrected chi connectivity index (χ4v) is 2.87. The highest BCUT2D eigenvalue weighted by molar-refractivity contribution is 6.12. The third-order valence-corrected chi connectivity index (χ3v) is 4.29. The first-order valence-electron chi connectivity index (χ1n) is 8.07. The van der Waals surface area contributed by atoms with Gasteiger partial charge in [0.2, 0.25) is 0 Å². The molecule has 0 unspecified atom stereocenters. The van der Waals surface area contributed by atoms with Crippen LogP contribution in [0.5, 0.6) is 0 Å². The van der Waals surface area contributed by atoms with Gasteiger partial charge in [-0.15, -0.1) is 0 Å². The number of hydrogen-bond acceptors (Lipinski definition) is 4. The molecule has 4 rings (SSSR count). The van der Waals surface area contributed by atoms with Crippen molar-refractivity contribution in [2.75, 3.05) is 5.32 Å². The lowest BCUT2D eigenvalue weighted by Crippen LogP contribution is -2.13. The van der Waals surface area contributed by atoms with Crippen molar-refractivity contribution in [3.8, 4) is 0 Å². The number of pyridine rings is 1. The number of nitrogens with one attached hydrogen (secondary N) is 1. The molecule has 0 spiro atoms. The molecule has 3 aromatic rings. The van der Waals surface area contributed by atoms with Gasteiger partial charge in [-0.2, -0.15) is 0 Å². The molecular weight excluding hydrogens is 318 g/mol. The van der Waals surface area contributed by atoms with Crippen LogP contribution in [0.2, 0.25) is 0 Å². The molecule has 1 aromatic heterocycles. The molecule has 1 saturated carbocycles. The van der Waals surface area contributed by atoms with Crippen LogP contribution in [0.25, 0.3) is 10.9 Å². The molecule has 6 heteroatoms. The Balaban J connectivity index is 1.72. The minimum absolute atomic E-state index is 0.0592. The molecule has 2 aromatic carbocycles. The second kappa shape index (κ2) is 5.98. The van der Waals surface area contributed by atoms with Crippen molar-refractivity contribution in [1.29, 1.82) is 0 Å². The summed E-state index contributed by atoms with van der Waals surface area (Å²) in [6, 6.07) is 15.3. The summed E-state index contributed by atoms with van der Waals surface area (Å²) in [4.78, 5) is 27.9. The number of non-ortho nitro benzene ring substituents is 1. The summed E-state index contributed by atoms with van der Waals surface area (Å²) >= 11 is 0. The van der Waals surface area contributed by atoms with Crippen molar-refractivity contribution >= 4 is 28.2 Å². The molecule has 1 aliphatic rings. The summed E-state index contributed by atoms with van der Waals surface area (Å²) in [5.74, 6) is 0.134. The zero-order chi connectivity index (χ0) is 17.4. The van der Waals surface area contributed by atoms with Crippen molar-refractivity contribution in [3.63, 3.8) is 0 Å². The number of para-hydroxylation sites is 1. The topological polar surface area (TPSA) is 85.1 Å². The number of carbonyl (C=O) groups excluding carboxylic acids is 1. The maximum Gasteiger partial charge on any atom is 0.271 e. The predicted octanol–water partition coefficient (Wildman–Crippen LogP) is 4.27. The largest absolute Gasteiger partial charge is 0.322 e. The van der Waals surface area contributed by atoms with Crippen molar-refractivity contribution < 1.29 is 9.72 Å². The number of aromatic nitrogens is 1. The zero-order valence-electron chi connectivity index (χ0n) is 13.3. The van der Waals surface area contributed by atoms with Crippen LogP contribution in [-0.2, 0) is 0 Å². The van der Waals surface area contributed by atoms with Crippen LogP contribution in [0.1, 0.15) is 34.8 Å². The van der Waals surface area contributed by atoms with Gasteiger partial charge in [0.05, 0.1) is 16.0 Å². The van der Waals surface area contributed by atoms with E-state index in [2.05, 4.69) is 10.3 Å². The normalized spacial score (nSPS) is 13.6. The SMILES string of the molecule is O=C(Nc1cccc([N+](=O)[O-])c1)c1cc(C2CC2)nc2ccccc12. The van der Waals surface area contributed by atoms with Gasteiger partial charge >= 0.3 is 0 Å². The van der Waals surface area contributed by atoms with Crippen LogP contribution in [0.4, 0.5) is 11.4 Å². The summed E-state index contributed by atoms with van der Waals surface area (Å²) in [6.45, 7) is 0. The molecule has 6 nitrogen and oxygen atoms in total. The Morgan fingerprint density at radius 1 is 1.12 bits per heavy atom. The highest BCUT2D eigenvalue weighted by Crippen LogP contribution is 2.40. The second-order valence-corrected chi connectivity index (χ2v) is 6.15. The lowest BCUT2D eigenvalue weighted by molar-refractivity contribution is -0.384. The lowest BCUT2D eigenvalue weighted by atomic mass is 10.1. The van der Waals surface area contributed by atoms with Gasteiger partial charge in [-0.25, -0.2) is 0 Å². The van der Waals surface area contributed by atoms with E-state index in [0.29, 0.717) is 17.2 Å². The van der Waals surface area contributed by atoms with E-state index in [4.69, 9.17) is 0 Å². The summed E-state index contributed by atoms with van der Waals surface area (Å²) in [5.41, 5.74) is 2.60. The van der Waals surface area contributed by atoms with Crippen LogP contribution >= 0.6 is 0 Å². The molecule has 0 bridgehead atoms. The molecule has 1 heterocycles. The minimum atomic E-state index is -0.483. The average Bonchev–Trinajstić information content (AvgIpc) is 3.46. The van der Waals surface area contributed by atoms with Gasteiger partial charge in [-0.1, -0.05) is 24.3 Å². The Kier molecular flexibility index (Phi) is 3.65. The van der Waals surface area contributed by atoms with E-state index in [1.165, 1.54) is 12.1 Å². The smallest absolute Gasteiger partial charge is 0.271 e. The average molecular weight is 333 g/mol. The summed E-state index contributed by atoms with van der Waals surface area (Å²) < 4.78 is 0. The van der Waals surface area contributed by atoms with Crippen LogP contribution in [0, 0.1) is 10.1 Å². The van der Waals surface area contributed by atoms with Gasteiger partial charge in [0.25, 0.3) is 11.6 Å². The molecule has 0 radical (unpaired) electrons. The quantitative estimate of drug-likeness (QED) is 0.570. The number of benzene rings is 2. The second-order valence-electron chi connectivity index (χ2n) is 6.15. The molecule has 1 fully saturated rings. The van der Waals surface area contributed by atoms with Crippen LogP contribution in [-0.4, -0.2) is 15.8 Å². The Labute approximate surface area is 143 Å². The Hall–Kier alpha value is -3.28. The first kappa shape index (κ1) is 15.3. The summed E-state index contributed by atoms with van der Waals surface area (Å²) in [5, 5.41) is 14.4. The number of amides is 1. The van der Waals surface area contributed by atoms with E-state index in [1.54, 1.807) is 12.1 Å². The van der Waals surface area contributed by atoms with Crippen molar-refractivity contribution in [2.24, 2.45) is 0 Å². The van der Waals surface area contributed by atoms with E-state index in [-0.39, 0.29) is 11.6 Å². The first-order valence-corrected chi connectivity index (χ1v) is 8.07. The van der Waals surface area contributed by atoms with Crippen molar-refractivity contribution in [1.82, 2.24) is 4.98 Å². The van der Waals surface area contributed by atoms with Crippen molar-refractivity contribution in [3.05, 3.63) is 76.0 Å². The first-order chi connectivity index (χ1) is 12.1. The molecule has 0 saturated heterocycles. The molecule has 1 amide bonds. The maximum absolute atomic E-state index is 12.8. The third-order valence-electron chi connectivity index (χ3n) is 4.29. The molecule has 0 aliphatic heterocycles. The number of anilines is 1. The number of fused-ring (bicyclic) bond motifs is 1. The van der Waals surface area contributed by atoms with Gasteiger partial charge in [-0.3, -0.25) is 19.9 Å². The number of nitrogens with zero attached hydrogens (tertiary/aromatic N) is 2. The predicted molar refractivity (Wildman–Crippen MR) is 94.8 cm³/mol. The van der Waals surface area contributed by atoms with Crippen molar-refractivity contribution in [2.45, 2.75) is 18.8 Å². The van der Waals surface area contributed by atoms with Crippen LogP contribution in [0.3, 0.4) is 0 Å². The van der Waals surface area contributed by atoms with Crippen LogP contribution in [0.15, 0.2) is 54.6 Å². The van der Waals surface area contributed by atoms with E-state index in [9.17, 15) is 14.9 Å². The van der Waals surface area contributed by atoms with Gasteiger partial charge in [0, 0.05) is 34.8 Å². The molecule has 1 N–H and O–H groups in total. The van der Waals surface area contributed by atoms with Gasteiger partial charge in [0.1, 0.15) is 0 Å². The minimum Gasteiger partial charge on any atom is -0.322 e. The van der Waals surface area contributed by atoms with E-state index in [1.807, 2.05) is 30.3 Å². The fraction of sp³-hybridized carbons (Fsp3) is 0.158. The number of hydrogen-bond donors (Lipinski definition) is 1. The third kappa shape index (κ3) is 3.06. The molecule has 124 valence electrons.